The minimum atomic E-state index is 0.196. The van der Waals surface area contributed by atoms with Gasteiger partial charge in [-0.3, -0.25) is 4.68 Å². The number of aromatic hydroxyl groups is 1. The van der Waals surface area contributed by atoms with Crippen molar-refractivity contribution in [1.82, 2.24) is 9.78 Å². The summed E-state index contributed by atoms with van der Waals surface area (Å²) in [7, 11) is 0. The Morgan fingerprint density at radius 2 is 2.60 bits per heavy atom. The van der Waals surface area contributed by atoms with Crippen LogP contribution in [-0.4, -0.2) is 14.9 Å². The van der Waals surface area contributed by atoms with E-state index in [1.54, 1.807) is 10.9 Å². The molecule has 0 amide bonds. The van der Waals surface area contributed by atoms with Crippen LogP contribution in [0.5, 0.6) is 5.75 Å². The summed E-state index contributed by atoms with van der Waals surface area (Å²) in [4.78, 5) is 0. The molecule has 1 heterocycles. The van der Waals surface area contributed by atoms with Gasteiger partial charge in [0.05, 0.1) is 18.9 Å². The maximum atomic E-state index is 8.85. The SMILES string of the molecule is C=C(C)Cn1cc(O)cn1. The second-order valence-electron chi connectivity index (χ2n) is 2.35. The zero-order valence-electron chi connectivity index (χ0n) is 5.91. The van der Waals surface area contributed by atoms with Crippen LogP contribution in [0.4, 0.5) is 0 Å². The third-order valence-corrected chi connectivity index (χ3v) is 1.05. The van der Waals surface area contributed by atoms with Gasteiger partial charge in [-0.2, -0.15) is 5.10 Å². The largest absolute Gasteiger partial charge is 0.505 e. The first-order valence-corrected chi connectivity index (χ1v) is 3.04. The topological polar surface area (TPSA) is 38.0 Å². The molecule has 0 saturated heterocycles. The highest BCUT2D eigenvalue weighted by molar-refractivity contribution is 5.09. The third-order valence-electron chi connectivity index (χ3n) is 1.05. The summed E-state index contributed by atoms with van der Waals surface area (Å²) in [5, 5.41) is 12.7. The van der Waals surface area contributed by atoms with Gasteiger partial charge in [0.15, 0.2) is 5.75 Å². The monoisotopic (exact) mass is 138 g/mol. The van der Waals surface area contributed by atoms with Gasteiger partial charge in [0.1, 0.15) is 0 Å². The summed E-state index contributed by atoms with van der Waals surface area (Å²) in [5.41, 5.74) is 1.02. The lowest BCUT2D eigenvalue weighted by Crippen LogP contribution is -1.97. The average molecular weight is 138 g/mol. The highest BCUT2D eigenvalue weighted by Gasteiger charge is 1.93. The molecule has 0 fully saturated rings. The highest BCUT2D eigenvalue weighted by atomic mass is 16.3. The van der Waals surface area contributed by atoms with Crippen LogP contribution in [0.2, 0.25) is 0 Å². The Hall–Kier alpha value is -1.25. The minimum Gasteiger partial charge on any atom is -0.505 e. The Morgan fingerprint density at radius 1 is 1.90 bits per heavy atom. The lowest BCUT2D eigenvalue weighted by atomic mass is 10.4. The van der Waals surface area contributed by atoms with Gasteiger partial charge in [-0.25, -0.2) is 0 Å². The summed E-state index contributed by atoms with van der Waals surface area (Å²) in [5.74, 6) is 0.196. The fourth-order valence-electron chi connectivity index (χ4n) is 0.716. The number of nitrogens with zero attached hydrogens (tertiary/aromatic N) is 2. The molecule has 3 nitrogen and oxygen atoms in total. The molecule has 1 N–H and O–H groups in total. The first kappa shape index (κ1) is 6.86. The summed E-state index contributed by atoms with van der Waals surface area (Å²) in [6, 6.07) is 0. The van der Waals surface area contributed by atoms with Gasteiger partial charge >= 0.3 is 0 Å². The molecule has 0 atom stereocenters. The molecule has 0 aliphatic heterocycles. The molecular weight excluding hydrogens is 128 g/mol. The van der Waals surface area contributed by atoms with Gasteiger partial charge in [0.25, 0.3) is 0 Å². The van der Waals surface area contributed by atoms with E-state index < -0.39 is 0 Å². The molecule has 1 aromatic rings. The number of hydrogen-bond acceptors (Lipinski definition) is 2. The summed E-state index contributed by atoms with van der Waals surface area (Å²) >= 11 is 0. The number of rotatable bonds is 2. The van der Waals surface area contributed by atoms with Crippen LogP contribution in [-0.2, 0) is 6.54 Å². The molecule has 0 spiro atoms. The Kier molecular flexibility index (Phi) is 1.76. The zero-order valence-corrected chi connectivity index (χ0v) is 5.91. The van der Waals surface area contributed by atoms with Crippen molar-refractivity contribution in [2.45, 2.75) is 13.5 Å². The van der Waals surface area contributed by atoms with Crippen molar-refractivity contribution in [3.8, 4) is 5.75 Å². The van der Waals surface area contributed by atoms with Crippen LogP contribution in [0.3, 0.4) is 0 Å². The quantitative estimate of drug-likeness (QED) is 0.623. The second-order valence-corrected chi connectivity index (χ2v) is 2.35. The highest BCUT2D eigenvalue weighted by Crippen LogP contribution is 2.05. The van der Waals surface area contributed by atoms with E-state index in [-0.39, 0.29) is 5.75 Å². The molecule has 54 valence electrons. The van der Waals surface area contributed by atoms with Crippen LogP contribution < -0.4 is 0 Å². The van der Waals surface area contributed by atoms with Crippen LogP contribution in [0, 0.1) is 0 Å². The predicted octanol–water partition coefficient (Wildman–Crippen LogP) is 1.16. The molecule has 0 saturated carbocycles. The molecule has 3 heteroatoms. The van der Waals surface area contributed by atoms with Crippen molar-refractivity contribution in [2.75, 3.05) is 0 Å². The van der Waals surface area contributed by atoms with E-state index in [4.69, 9.17) is 5.11 Å². The van der Waals surface area contributed by atoms with Crippen LogP contribution in [0.1, 0.15) is 6.92 Å². The summed E-state index contributed by atoms with van der Waals surface area (Å²) in [6.07, 6.45) is 2.97. The standard InChI is InChI=1S/C7H10N2O/c1-6(2)4-9-5-7(10)3-8-9/h3,5,10H,1,4H2,2H3. The fraction of sp³-hybridized carbons (Fsp3) is 0.286. The normalized spacial score (nSPS) is 9.70. The van der Waals surface area contributed by atoms with E-state index >= 15 is 0 Å². The summed E-state index contributed by atoms with van der Waals surface area (Å²) in [6.45, 7) is 6.30. The van der Waals surface area contributed by atoms with E-state index in [1.807, 2.05) is 6.92 Å². The van der Waals surface area contributed by atoms with Gasteiger partial charge in [0, 0.05) is 0 Å². The molecule has 0 radical (unpaired) electrons. The van der Waals surface area contributed by atoms with Gasteiger partial charge in [-0.15, -0.1) is 0 Å². The molecule has 0 aliphatic carbocycles. The second kappa shape index (κ2) is 2.56. The van der Waals surface area contributed by atoms with E-state index in [0.717, 1.165) is 5.57 Å². The van der Waals surface area contributed by atoms with Gasteiger partial charge < -0.3 is 5.11 Å². The van der Waals surface area contributed by atoms with Crippen LogP contribution in [0.15, 0.2) is 24.5 Å². The van der Waals surface area contributed by atoms with E-state index in [1.165, 1.54) is 6.20 Å². The van der Waals surface area contributed by atoms with E-state index in [9.17, 15) is 0 Å². The molecule has 0 bridgehead atoms. The zero-order chi connectivity index (χ0) is 7.56. The molecule has 1 aromatic heterocycles. The molecular formula is C7H10N2O. The predicted molar refractivity (Wildman–Crippen MR) is 38.7 cm³/mol. The molecule has 10 heavy (non-hydrogen) atoms. The lowest BCUT2D eigenvalue weighted by Gasteiger charge is -1.96. The van der Waals surface area contributed by atoms with Crippen molar-refractivity contribution in [3.63, 3.8) is 0 Å². The first-order chi connectivity index (χ1) is 4.68. The fourth-order valence-corrected chi connectivity index (χ4v) is 0.716. The molecule has 1 rings (SSSR count). The first-order valence-electron chi connectivity index (χ1n) is 3.04. The van der Waals surface area contributed by atoms with Crippen LogP contribution in [0.25, 0.3) is 0 Å². The Balaban J connectivity index is 2.67. The third kappa shape index (κ3) is 1.62. The molecule has 0 aromatic carbocycles. The number of hydrogen-bond donors (Lipinski definition) is 1. The van der Waals surface area contributed by atoms with Crippen molar-refractivity contribution in [3.05, 3.63) is 24.5 Å². The molecule has 0 unspecified atom stereocenters. The smallest absolute Gasteiger partial charge is 0.153 e. The summed E-state index contributed by atoms with van der Waals surface area (Å²) < 4.78 is 1.64. The maximum Gasteiger partial charge on any atom is 0.153 e. The van der Waals surface area contributed by atoms with Crippen molar-refractivity contribution < 1.29 is 5.11 Å². The van der Waals surface area contributed by atoms with E-state index in [0.29, 0.717) is 6.54 Å². The van der Waals surface area contributed by atoms with Crippen molar-refractivity contribution in [1.29, 1.82) is 0 Å². The van der Waals surface area contributed by atoms with Crippen LogP contribution >= 0.6 is 0 Å². The Bertz CT molecular complexity index is 240. The van der Waals surface area contributed by atoms with Gasteiger partial charge in [-0.05, 0) is 6.92 Å². The Morgan fingerprint density at radius 3 is 3.00 bits per heavy atom. The Labute approximate surface area is 59.6 Å². The number of aromatic nitrogens is 2. The minimum absolute atomic E-state index is 0.196. The van der Waals surface area contributed by atoms with Crippen molar-refractivity contribution >= 4 is 0 Å². The van der Waals surface area contributed by atoms with E-state index in [2.05, 4.69) is 11.7 Å². The lowest BCUT2D eigenvalue weighted by molar-refractivity contribution is 0.474. The number of allylic oxidation sites excluding steroid dienone is 1. The molecule has 0 aliphatic rings. The maximum absolute atomic E-state index is 8.85. The van der Waals surface area contributed by atoms with Gasteiger partial charge in [-0.1, -0.05) is 12.2 Å². The average Bonchev–Trinajstić information content (AvgIpc) is 2.13. The van der Waals surface area contributed by atoms with Crippen molar-refractivity contribution in [2.24, 2.45) is 0 Å². The van der Waals surface area contributed by atoms with Gasteiger partial charge in [0.2, 0.25) is 0 Å².